The van der Waals surface area contributed by atoms with E-state index in [4.69, 9.17) is 10.5 Å². The van der Waals surface area contributed by atoms with Gasteiger partial charge in [-0.15, -0.1) is 0 Å². The van der Waals surface area contributed by atoms with Crippen LogP contribution >= 0.6 is 0 Å². The van der Waals surface area contributed by atoms with Crippen LogP contribution in [0.25, 0.3) is 0 Å². The maximum atomic E-state index is 12.4. The van der Waals surface area contributed by atoms with Gasteiger partial charge in [-0.2, -0.15) is 0 Å². The fourth-order valence-corrected chi connectivity index (χ4v) is 3.22. The first-order valence-corrected chi connectivity index (χ1v) is 7.91. The molecular weight excluding hydrogens is 318 g/mol. The molecule has 9 heteroatoms. The second-order valence-electron chi connectivity index (χ2n) is 6.15. The largest absolute Gasteiger partial charge is 0.451 e. The summed E-state index contributed by atoms with van der Waals surface area (Å²) in [7, 11) is 0. The Hall–Kier alpha value is -2.45. The molecule has 1 aliphatic carbocycles. The van der Waals surface area contributed by atoms with E-state index >= 15 is 0 Å². The van der Waals surface area contributed by atoms with Gasteiger partial charge in [0.15, 0.2) is 6.10 Å². The number of urea groups is 1. The number of carbonyl (C=O) groups excluding carboxylic acids is 5. The average Bonchev–Trinajstić information content (AvgIpc) is 2.78. The summed E-state index contributed by atoms with van der Waals surface area (Å²) in [6.45, 7) is 2.64. The monoisotopic (exact) mass is 339 g/mol. The highest BCUT2D eigenvalue weighted by Crippen LogP contribution is 2.38. The van der Waals surface area contributed by atoms with Crippen molar-refractivity contribution in [2.75, 3.05) is 0 Å². The fourth-order valence-electron chi connectivity index (χ4n) is 3.22. The summed E-state index contributed by atoms with van der Waals surface area (Å²) in [5.74, 6) is -3.21. The van der Waals surface area contributed by atoms with Gasteiger partial charge in [0.25, 0.3) is 5.91 Å². The topological polar surface area (TPSA) is 136 Å². The van der Waals surface area contributed by atoms with Crippen LogP contribution in [0, 0.1) is 11.8 Å². The zero-order chi connectivity index (χ0) is 18.0. The maximum absolute atomic E-state index is 12.4. The number of carbonyl (C=O) groups is 5. The molecular formula is C15H21N3O6. The molecule has 1 aliphatic heterocycles. The van der Waals surface area contributed by atoms with Crippen molar-refractivity contribution >= 4 is 29.7 Å². The molecule has 2 aliphatic rings. The third-order valence-corrected chi connectivity index (χ3v) is 4.51. The number of hydrogen-bond donors (Lipinski definition) is 2. The Kier molecular flexibility index (Phi) is 5.20. The first-order valence-electron chi connectivity index (χ1n) is 7.91. The highest BCUT2D eigenvalue weighted by atomic mass is 16.5. The van der Waals surface area contributed by atoms with Crippen LogP contribution in [-0.4, -0.2) is 46.8 Å². The lowest BCUT2D eigenvalue weighted by molar-refractivity contribution is -0.163. The third kappa shape index (κ3) is 3.39. The van der Waals surface area contributed by atoms with Crippen molar-refractivity contribution in [2.24, 2.45) is 17.6 Å². The average molecular weight is 339 g/mol. The van der Waals surface area contributed by atoms with E-state index in [0.29, 0.717) is 12.8 Å². The molecule has 132 valence electrons. The number of esters is 1. The van der Waals surface area contributed by atoms with Crippen LogP contribution < -0.4 is 11.1 Å². The number of primary amides is 1. The molecule has 1 saturated carbocycles. The van der Waals surface area contributed by atoms with Gasteiger partial charge in [0.05, 0.1) is 11.8 Å². The lowest BCUT2D eigenvalue weighted by Gasteiger charge is -2.23. The molecule has 5 amide bonds. The number of fused-ring (bicyclic) bond motifs is 1. The van der Waals surface area contributed by atoms with Crippen LogP contribution in [0.2, 0.25) is 0 Å². The molecule has 0 aromatic carbocycles. The van der Waals surface area contributed by atoms with Crippen molar-refractivity contribution < 1.29 is 28.7 Å². The molecule has 0 bridgehead atoms. The molecule has 0 unspecified atom stereocenters. The molecule has 0 radical (unpaired) electrons. The summed E-state index contributed by atoms with van der Waals surface area (Å²) in [4.78, 5) is 60.1. The minimum absolute atomic E-state index is 0.358. The van der Waals surface area contributed by atoms with Gasteiger partial charge >= 0.3 is 12.0 Å². The van der Waals surface area contributed by atoms with Gasteiger partial charge in [-0.25, -0.2) is 9.59 Å². The predicted molar refractivity (Wildman–Crippen MR) is 80.0 cm³/mol. The Balaban J connectivity index is 2.02. The zero-order valence-corrected chi connectivity index (χ0v) is 13.6. The number of amides is 5. The Morgan fingerprint density at radius 1 is 1.12 bits per heavy atom. The van der Waals surface area contributed by atoms with Gasteiger partial charge in [0, 0.05) is 0 Å². The lowest BCUT2D eigenvalue weighted by Crippen LogP contribution is -2.47. The standard InChI is InChI=1S/C15H21N3O6/c1-7(14(22)24-8(2)11(19)17-15(16)23)18-12(20)9-5-3-4-6-10(9)13(18)21/h7-10H,3-6H2,1-2H3,(H3,16,17,19,23)/t7-,8+,9-,10-/m0/s1. The second kappa shape index (κ2) is 6.98. The number of nitrogens with two attached hydrogens (primary N) is 1. The molecule has 1 saturated heterocycles. The normalized spacial score (nSPS) is 25.7. The van der Waals surface area contributed by atoms with Crippen molar-refractivity contribution in [3.63, 3.8) is 0 Å². The molecule has 24 heavy (non-hydrogen) atoms. The van der Waals surface area contributed by atoms with Gasteiger partial charge in [-0.3, -0.25) is 24.6 Å². The molecule has 9 nitrogen and oxygen atoms in total. The minimum atomic E-state index is -1.28. The van der Waals surface area contributed by atoms with E-state index in [9.17, 15) is 24.0 Å². The minimum Gasteiger partial charge on any atom is -0.451 e. The molecule has 2 rings (SSSR count). The highest BCUT2D eigenvalue weighted by Gasteiger charge is 2.51. The van der Waals surface area contributed by atoms with Crippen molar-refractivity contribution in [3.8, 4) is 0 Å². The molecule has 2 fully saturated rings. The molecule has 4 atom stereocenters. The van der Waals surface area contributed by atoms with E-state index in [1.807, 2.05) is 0 Å². The van der Waals surface area contributed by atoms with Gasteiger partial charge in [-0.1, -0.05) is 12.8 Å². The van der Waals surface area contributed by atoms with Crippen LogP contribution in [0.3, 0.4) is 0 Å². The number of nitrogens with one attached hydrogen (secondary N) is 1. The number of ether oxygens (including phenoxy) is 1. The van der Waals surface area contributed by atoms with E-state index in [1.54, 1.807) is 5.32 Å². The summed E-state index contributed by atoms with van der Waals surface area (Å²) in [6, 6.07) is -2.19. The van der Waals surface area contributed by atoms with E-state index < -0.39 is 30.1 Å². The number of rotatable bonds is 4. The van der Waals surface area contributed by atoms with Crippen LogP contribution in [0.5, 0.6) is 0 Å². The van der Waals surface area contributed by atoms with E-state index in [-0.39, 0.29) is 23.7 Å². The Morgan fingerprint density at radius 3 is 2.08 bits per heavy atom. The quantitative estimate of drug-likeness (QED) is 0.532. The van der Waals surface area contributed by atoms with Gasteiger partial charge in [0.2, 0.25) is 11.8 Å². The Labute approximate surface area is 138 Å². The van der Waals surface area contributed by atoms with Gasteiger partial charge in [-0.05, 0) is 26.7 Å². The molecule has 3 N–H and O–H groups in total. The third-order valence-electron chi connectivity index (χ3n) is 4.51. The maximum Gasteiger partial charge on any atom is 0.329 e. The van der Waals surface area contributed by atoms with Crippen molar-refractivity contribution in [1.29, 1.82) is 0 Å². The number of likely N-dealkylation sites (tertiary alicyclic amines) is 1. The van der Waals surface area contributed by atoms with Crippen molar-refractivity contribution in [2.45, 2.75) is 51.7 Å². The van der Waals surface area contributed by atoms with Gasteiger partial charge < -0.3 is 10.5 Å². The molecule has 0 spiro atoms. The van der Waals surface area contributed by atoms with Gasteiger partial charge in [0.1, 0.15) is 6.04 Å². The van der Waals surface area contributed by atoms with E-state index in [0.717, 1.165) is 17.7 Å². The van der Waals surface area contributed by atoms with Crippen LogP contribution in [0.1, 0.15) is 39.5 Å². The van der Waals surface area contributed by atoms with Crippen molar-refractivity contribution in [1.82, 2.24) is 10.2 Å². The van der Waals surface area contributed by atoms with Crippen LogP contribution in [0.4, 0.5) is 4.79 Å². The molecule has 0 aromatic heterocycles. The smallest absolute Gasteiger partial charge is 0.329 e. The lowest BCUT2D eigenvalue weighted by atomic mass is 9.81. The predicted octanol–water partition coefficient (Wildman–Crippen LogP) is -0.323. The van der Waals surface area contributed by atoms with Crippen molar-refractivity contribution in [3.05, 3.63) is 0 Å². The Bertz CT molecular complexity index is 566. The van der Waals surface area contributed by atoms with Crippen LogP contribution in [-0.2, 0) is 23.9 Å². The van der Waals surface area contributed by atoms with Crippen LogP contribution in [0.15, 0.2) is 0 Å². The summed E-state index contributed by atoms with van der Waals surface area (Å²) in [6.07, 6.45) is 1.78. The number of nitrogens with zero attached hydrogens (tertiary/aromatic N) is 1. The fraction of sp³-hybridized carbons (Fsp3) is 0.667. The number of imide groups is 2. The summed E-state index contributed by atoms with van der Waals surface area (Å²) < 4.78 is 4.93. The Morgan fingerprint density at radius 2 is 1.62 bits per heavy atom. The second-order valence-corrected chi connectivity index (χ2v) is 6.15. The summed E-state index contributed by atoms with van der Waals surface area (Å²) in [5.41, 5.74) is 4.82. The summed E-state index contributed by atoms with van der Waals surface area (Å²) in [5, 5.41) is 1.79. The molecule has 1 heterocycles. The summed E-state index contributed by atoms with van der Waals surface area (Å²) >= 11 is 0. The highest BCUT2D eigenvalue weighted by molar-refractivity contribution is 6.08. The van der Waals surface area contributed by atoms with E-state index in [2.05, 4.69) is 0 Å². The van der Waals surface area contributed by atoms with E-state index in [1.165, 1.54) is 13.8 Å². The first-order chi connectivity index (χ1) is 11.2. The first kappa shape index (κ1) is 17.9. The molecule has 0 aromatic rings. The number of hydrogen-bond acceptors (Lipinski definition) is 6. The zero-order valence-electron chi connectivity index (χ0n) is 13.6. The SMILES string of the molecule is C[C@@H](OC(=O)[C@H](C)N1C(=O)[C@H]2CCCC[C@@H]2C1=O)C(=O)NC(N)=O.